The molecule has 0 saturated heterocycles. The fourth-order valence-electron chi connectivity index (χ4n) is 4.26. The summed E-state index contributed by atoms with van der Waals surface area (Å²) >= 11 is 0. The van der Waals surface area contributed by atoms with Crippen LogP contribution in [0.2, 0.25) is 0 Å². The number of fused-ring (bicyclic) bond motifs is 3. The zero-order valence-electron chi connectivity index (χ0n) is 20.1. The van der Waals surface area contributed by atoms with E-state index in [0.29, 0.717) is 31.1 Å². The van der Waals surface area contributed by atoms with Crippen molar-refractivity contribution in [1.82, 2.24) is 19.9 Å². The number of aromatic nitrogens is 3. The summed E-state index contributed by atoms with van der Waals surface area (Å²) < 4.78 is 12.9. The smallest absolute Gasteiger partial charge is 0.341 e. The second kappa shape index (κ2) is 11.2. The number of hydrogen-bond donors (Lipinski definition) is 3. The van der Waals surface area contributed by atoms with Crippen LogP contribution in [0.25, 0.3) is 21.9 Å². The maximum absolute atomic E-state index is 10.8. The van der Waals surface area contributed by atoms with Crippen molar-refractivity contribution < 1.29 is 19.4 Å². The van der Waals surface area contributed by atoms with Crippen LogP contribution in [-0.2, 0) is 29.0 Å². The van der Waals surface area contributed by atoms with E-state index >= 15 is 0 Å². The summed E-state index contributed by atoms with van der Waals surface area (Å²) in [5.74, 6) is 0.980. The summed E-state index contributed by atoms with van der Waals surface area (Å²) in [6.45, 7) is 4.40. The Balaban J connectivity index is 1.47. The molecule has 4 rings (SSSR count). The Kier molecular flexibility index (Phi) is 7.79. The quantitative estimate of drug-likeness (QED) is 0.266. The number of pyridine rings is 1. The van der Waals surface area contributed by atoms with Crippen LogP contribution in [0, 0.1) is 6.92 Å². The summed E-state index contributed by atoms with van der Waals surface area (Å²) in [6.07, 6.45) is 1.57. The molecule has 2 heterocycles. The van der Waals surface area contributed by atoms with Gasteiger partial charge in [0.1, 0.15) is 17.1 Å². The van der Waals surface area contributed by atoms with E-state index < -0.39 is 5.97 Å². The third-order valence-electron chi connectivity index (χ3n) is 6.02. The van der Waals surface area contributed by atoms with Gasteiger partial charge in [-0.25, -0.2) is 14.8 Å². The van der Waals surface area contributed by atoms with E-state index in [4.69, 9.17) is 25.3 Å². The maximum Gasteiger partial charge on any atom is 0.341 e. The van der Waals surface area contributed by atoms with Gasteiger partial charge in [0.2, 0.25) is 0 Å². The number of methoxy groups -OCH3 is 1. The van der Waals surface area contributed by atoms with Crippen LogP contribution in [-0.4, -0.2) is 52.5 Å². The van der Waals surface area contributed by atoms with Crippen LogP contribution in [0.5, 0.6) is 5.75 Å². The van der Waals surface area contributed by atoms with Crippen molar-refractivity contribution in [3.8, 4) is 5.75 Å². The molecule has 0 spiro atoms. The van der Waals surface area contributed by atoms with Crippen LogP contribution < -0.4 is 15.8 Å². The number of para-hydroxylation sites is 1. The van der Waals surface area contributed by atoms with Gasteiger partial charge in [0, 0.05) is 32.0 Å². The number of nitrogen functional groups attached to an aromatic ring is 1. The first-order chi connectivity index (χ1) is 17.0. The predicted octanol–water partition coefficient (Wildman–Crippen LogP) is 3.31. The average molecular weight is 478 g/mol. The molecule has 9 nitrogen and oxygen atoms in total. The molecule has 0 amide bonds. The van der Waals surface area contributed by atoms with E-state index in [1.165, 1.54) is 0 Å². The zero-order chi connectivity index (χ0) is 24.8. The van der Waals surface area contributed by atoms with Crippen molar-refractivity contribution in [2.24, 2.45) is 0 Å². The van der Waals surface area contributed by atoms with Gasteiger partial charge in [-0.3, -0.25) is 0 Å². The summed E-state index contributed by atoms with van der Waals surface area (Å²) in [5.41, 5.74) is 10.9. The number of rotatable bonds is 12. The van der Waals surface area contributed by atoms with E-state index in [1.54, 1.807) is 13.2 Å². The Morgan fingerprint density at radius 3 is 2.80 bits per heavy atom. The Hall–Kier alpha value is -3.69. The minimum absolute atomic E-state index is 0.350. The highest BCUT2D eigenvalue weighted by atomic mass is 16.5. The van der Waals surface area contributed by atoms with E-state index in [2.05, 4.69) is 20.9 Å². The highest BCUT2D eigenvalue weighted by Gasteiger charge is 2.17. The number of nitrogens with zero attached hydrogens (tertiary/aromatic N) is 3. The van der Waals surface area contributed by atoms with Crippen LogP contribution in [0.1, 0.15) is 23.4 Å². The monoisotopic (exact) mass is 477 g/mol. The first-order valence-electron chi connectivity index (χ1n) is 11.7. The molecule has 4 aromatic rings. The second-order valence-corrected chi connectivity index (χ2v) is 8.39. The third kappa shape index (κ3) is 5.52. The highest BCUT2D eigenvalue weighted by molar-refractivity contribution is 6.06. The number of carboxylic acid groups (broad SMARTS) is 1. The molecule has 0 saturated carbocycles. The number of ether oxygens (including phenoxy) is 2. The number of aryl methyl sites for hydroxylation is 1. The van der Waals surface area contributed by atoms with Gasteiger partial charge in [0.05, 0.1) is 17.6 Å². The van der Waals surface area contributed by atoms with E-state index in [0.717, 1.165) is 58.4 Å². The number of hydrogen-bond acceptors (Lipinski definition) is 7. The average Bonchev–Trinajstić information content (AvgIpc) is 3.22. The molecule has 2 aromatic carbocycles. The maximum atomic E-state index is 10.8. The molecular weight excluding hydrogens is 446 g/mol. The van der Waals surface area contributed by atoms with Crippen molar-refractivity contribution in [3.63, 3.8) is 0 Å². The van der Waals surface area contributed by atoms with E-state index in [9.17, 15) is 4.79 Å². The molecule has 0 aliphatic carbocycles. The molecule has 184 valence electrons. The summed E-state index contributed by atoms with van der Waals surface area (Å²) in [5, 5.41) is 13.4. The highest BCUT2D eigenvalue weighted by Crippen LogP contribution is 2.29. The van der Waals surface area contributed by atoms with Gasteiger partial charge >= 0.3 is 5.97 Å². The zero-order valence-corrected chi connectivity index (χ0v) is 20.1. The summed E-state index contributed by atoms with van der Waals surface area (Å²) in [4.78, 5) is 20.2. The molecule has 0 radical (unpaired) electrons. The molecule has 0 fully saturated rings. The topological polar surface area (TPSA) is 125 Å². The van der Waals surface area contributed by atoms with Crippen molar-refractivity contribution in [2.75, 3.05) is 32.6 Å². The number of anilines is 1. The molecule has 0 bridgehead atoms. The van der Waals surface area contributed by atoms with Crippen molar-refractivity contribution in [1.29, 1.82) is 0 Å². The molecule has 4 N–H and O–H groups in total. The molecule has 2 aromatic heterocycles. The predicted molar refractivity (Wildman–Crippen MR) is 136 cm³/mol. The molecule has 0 aliphatic rings. The number of benzene rings is 2. The standard InChI is InChI=1S/C26H31N5O4/c1-17-18(7-5-10-21(17)35-16-23(32)33)15-28-12-6-13-31-22(11-14-34-2)30-24-25(31)19-8-3-4-9-20(19)29-26(24)27/h3-5,7-10,28H,6,11-16H2,1-2H3,(H2,27,29)(H,32,33). The minimum Gasteiger partial charge on any atom is -0.482 e. The lowest BCUT2D eigenvalue weighted by Gasteiger charge is -2.13. The lowest BCUT2D eigenvalue weighted by Crippen LogP contribution is -2.18. The Morgan fingerprint density at radius 2 is 2.00 bits per heavy atom. The van der Waals surface area contributed by atoms with Crippen LogP contribution >= 0.6 is 0 Å². The van der Waals surface area contributed by atoms with Crippen LogP contribution in [0.15, 0.2) is 42.5 Å². The van der Waals surface area contributed by atoms with Crippen molar-refractivity contribution >= 4 is 33.7 Å². The fourth-order valence-corrected chi connectivity index (χ4v) is 4.26. The van der Waals surface area contributed by atoms with Gasteiger partial charge in [0.25, 0.3) is 0 Å². The van der Waals surface area contributed by atoms with E-state index in [-0.39, 0.29) is 6.61 Å². The lowest BCUT2D eigenvalue weighted by atomic mass is 10.1. The fraction of sp³-hybridized carbons (Fsp3) is 0.346. The minimum atomic E-state index is -0.991. The molecule has 9 heteroatoms. The molecule has 0 aliphatic heterocycles. The molecule has 35 heavy (non-hydrogen) atoms. The normalized spacial score (nSPS) is 11.4. The number of carbonyl (C=O) groups is 1. The third-order valence-corrected chi connectivity index (χ3v) is 6.02. The first kappa shape index (κ1) is 24.4. The van der Waals surface area contributed by atoms with Crippen molar-refractivity contribution in [2.45, 2.75) is 32.9 Å². The van der Waals surface area contributed by atoms with Gasteiger partial charge in [-0.05, 0) is 43.1 Å². The first-order valence-corrected chi connectivity index (χ1v) is 11.7. The number of nitrogens with two attached hydrogens (primary N) is 1. The van der Waals surface area contributed by atoms with Crippen LogP contribution in [0.3, 0.4) is 0 Å². The lowest BCUT2D eigenvalue weighted by molar-refractivity contribution is -0.139. The van der Waals surface area contributed by atoms with Crippen molar-refractivity contribution in [3.05, 3.63) is 59.4 Å². The number of carboxylic acids is 1. The molecular formula is C26H31N5O4. The Bertz CT molecular complexity index is 1330. The Morgan fingerprint density at radius 1 is 1.17 bits per heavy atom. The number of nitrogens with one attached hydrogen (secondary N) is 1. The summed E-state index contributed by atoms with van der Waals surface area (Å²) in [7, 11) is 1.69. The second-order valence-electron chi connectivity index (χ2n) is 8.39. The van der Waals surface area contributed by atoms with Gasteiger partial charge in [-0.2, -0.15) is 0 Å². The summed E-state index contributed by atoms with van der Waals surface area (Å²) in [6, 6.07) is 13.7. The van der Waals surface area contributed by atoms with E-state index in [1.807, 2.05) is 37.3 Å². The Labute approximate surface area is 203 Å². The molecule has 0 atom stereocenters. The number of aliphatic carboxylic acids is 1. The van der Waals surface area contributed by atoms with Gasteiger partial charge in [-0.1, -0.05) is 30.3 Å². The number of imidazole rings is 1. The van der Waals surface area contributed by atoms with Gasteiger partial charge in [-0.15, -0.1) is 0 Å². The van der Waals surface area contributed by atoms with Crippen LogP contribution in [0.4, 0.5) is 5.82 Å². The van der Waals surface area contributed by atoms with Gasteiger partial charge in [0.15, 0.2) is 12.4 Å². The largest absolute Gasteiger partial charge is 0.482 e. The SMILES string of the molecule is COCCc1nc2c(N)nc3ccccc3c2n1CCCNCc1cccc(OCC(=O)O)c1C. The molecule has 0 unspecified atom stereocenters. The van der Waals surface area contributed by atoms with Gasteiger partial charge < -0.3 is 30.2 Å².